The van der Waals surface area contributed by atoms with E-state index in [1.165, 1.54) is 12.0 Å². The van der Waals surface area contributed by atoms with Crippen molar-refractivity contribution in [2.75, 3.05) is 19.8 Å². The first kappa shape index (κ1) is 12.7. The fourth-order valence-corrected chi connectivity index (χ4v) is 2.19. The van der Waals surface area contributed by atoms with Gasteiger partial charge in [0.15, 0.2) is 0 Å². The predicted molar refractivity (Wildman–Crippen MR) is 66.5 cm³/mol. The molecule has 1 atom stereocenters. The highest BCUT2D eigenvalue weighted by Gasteiger charge is 2.03. The lowest BCUT2D eigenvalue weighted by molar-refractivity contribution is 0.143. The predicted octanol–water partition coefficient (Wildman–Crippen LogP) is 3.22. The lowest BCUT2D eigenvalue weighted by Crippen LogP contribution is -2.19. The molecular formula is C12H21NOS. The van der Waals surface area contributed by atoms with E-state index in [9.17, 15) is 0 Å². The zero-order valence-electron chi connectivity index (χ0n) is 9.66. The molecule has 0 radical (unpaired) electrons. The molecule has 1 rings (SSSR count). The second kappa shape index (κ2) is 7.85. The fraction of sp³-hybridized carbons (Fsp3) is 0.667. The van der Waals surface area contributed by atoms with Crippen LogP contribution in [0.5, 0.6) is 0 Å². The monoisotopic (exact) mass is 227 g/mol. The van der Waals surface area contributed by atoms with Crippen LogP contribution in [0.4, 0.5) is 0 Å². The molecule has 0 aliphatic carbocycles. The van der Waals surface area contributed by atoms with Crippen LogP contribution in [0.3, 0.4) is 0 Å². The summed E-state index contributed by atoms with van der Waals surface area (Å²) in [5.41, 5.74) is 1.39. The normalized spacial score (nSPS) is 12.9. The van der Waals surface area contributed by atoms with Gasteiger partial charge in [-0.25, -0.2) is 0 Å². The van der Waals surface area contributed by atoms with E-state index in [0.717, 1.165) is 26.2 Å². The Morgan fingerprint density at radius 2 is 2.33 bits per heavy atom. The molecule has 15 heavy (non-hydrogen) atoms. The largest absolute Gasteiger partial charge is 0.382 e. The number of ether oxygens (including phenoxy) is 1. The molecule has 0 aromatic carbocycles. The molecular weight excluding hydrogens is 206 g/mol. The number of unbranched alkanes of at least 4 members (excludes halogenated alkanes) is 1. The van der Waals surface area contributed by atoms with Crippen molar-refractivity contribution in [3.05, 3.63) is 22.4 Å². The van der Waals surface area contributed by atoms with E-state index in [1.807, 2.05) is 6.92 Å². The molecule has 0 fully saturated rings. The topological polar surface area (TPSA) is 21.3 Å². The minimum Gasteiger partial charge on any atom is -0.382 e. The van der Waals surface area contributed by atoms with Crippen LogP contribution in [0, 0.1) is 0 Å². The van der Waals surface area contributed by atoms with Crippen LogP contribution in [0.2, 0.25) is 0 Å². The Balaban J connectivity index is 2.00. The van der Waals surface area contributed by atoms with Crippen LogP contribution in [-0.2, 0) is 4.74 Å². The first-order valence-corrected chi connectivity index (χ1v) is 6.62. The molecule has 1 aromatic heterocycles. The molecule has 1 N–H and O–H groups in total. The molecule has 0 amide bonds. The summed E-state index contributed by atoms with van der Waals surface area (Å²) in [4.78, 5) is 0. The molecule has 1 unspecified atom stereocenters. The summed E-state index contributed by atoms with van der Waals surface area (Å²) < 4.78 is 5.29. The number of thiophene rings is 1. The second-order valence-electron chi connectivity index (χ2n) is 3.64. The third kappa shape index (κ3) is 5.30. The minimum atomic E-state index is 0.475. The zero-order valence-corrected chi connectivity index (χ0v) is 10.5. The minimum absolute atomic E-state index is 0.475. The Morgan fingerprint density at radius 1 is 1.47 bits per heavy atom. The first-order valence-electron chi connectivity index (χ1n) is 5.67. The van der Waals surface area contributed by atoms with Crippen molar-refractivity contribution in [1.29, 1.82) is 0 Å². The average Bonchev–Trinajstić information content (AvgIpc) is 2.76. The highest BCUT2D eigenvalue weighted by atomic mass is 32.1. The quantitative estimate of drug-likeness (QED) is 0.689. The van der Waals surface area contributed by atoms with Gasteiger partial charge in [-0.1, -0.05) is 0 Å². The molecule has 0 aliphatic heterocycles. The van der Waals surface area contributed by atoms with E-state index in [0.29, 0.717) is 6.04 Å². The lowest BCUT2D eigenvalue weighted by Gasteiger charge is -2.12. The maximum Gasteiger partial charge on any atom is 0.0466 e. The van der Waals surface area contributed by atoms with Crippen LogP contribution in [-0.4, -0.2) is 19.8 Å². The molecule has 0 aliphatic rings. The highest BCUT2D eigenvalue weighted by molar-refractivity contribution is 7.07. The van der Waals surface area contributed by atoms with Gasteiger partial charge >= 0.3 is 0 Å². The van der Waals surface area contributed by atoms with Gasteiger partial charge in [0.1, 0.15) is 0 Å². The summed E-state index contributed by atoms with van der Waals surface area (Å²) in [6, 6.07) is 2.66. The number of hydrogen-bond donors (Lipinski definition) is 1. The van der Waals surface area contributed by atoms with Gasteiger partial charge in [-0.2, -0.15) is 11.3 Å². The average molecular weight is 227 g/mol. The highest BCUT2D eigenvalue weighted by Crippen LogP contribution is 2.15. The number of hydrogen-bond acceptors (Lipinski definition) is 3. The van der Waals surface area contributed by atoms with Crippen molar-refractivity contribution in [2.24, 2.45) is 0 Å². The van der Waals surface area contributed by atoms with Crippen LogP contribution >= 0.6 is 11.3 Å². The third-order valence-electron chi connectivity index (χ3n) is 2.41. The Hall–Kier alpha value is -0.380. The molecule has 1 aromatic rings. The first-order chi connectivity index (χ1) is 7.34. The van der Waals surface area contributed by atoms with Gasteiger partial charge in [0, 0.05) is 19.3 Å². The second-order valence-corrected chi connectivity index (χ2v) is 4.42. The van der Waals surface area contributed by atoms with Crippen molar-refractivity contribution < 1.29 is 4.74 Å². The standard InChI is InChI=1S/C12H21NOS/c1-3-14-8-5-4-7-13-11(2)12-6-9-15-10-12/h6,9-11,13H,3-5,7-8H2,1-2H3. The van der Waals surface area contributed by atoms with Gasteiger partial charge in [-0.3, -0.25) is 0 Å². The summed E-state index contributed by atoms with van der Waals surface area (Å²) >= 11 is 1.76. The van der Waals surface area contributed by atoms with Crippen LogP contribution in [0.25, 0.3) is 0 Å². The molecule has 1 heterocycles. The molecule has 2 nitrogen and oxygen atoms in total. The Kier molecular flexibility index (Phi) is 6.64. The Morgan fingerprint density at radius 3 is 3.00 bits per heavy atom. The van der Waals surface area contributed by atoms with E-state index in [2.05, 4.69) is 29.1 Å². The summed E-state index contributed by atoms with van der Waals surface area (Å²) in [5, 5.41) is 7.85. The smallest absolute Gasteiger partial charge is 0.0466 e. The summed E-state index contributed by atoms with van der Waals surface area (Å²) in [7, 11) is 0. The summed E-state index contributed by atoms with van der Waals surface area (Å²) in [6.07, 6.45) is 2.34. The molecule has 0 saturated heterocycles. The SMILES string of the molecule is CCOCCCCNC(C)c1ccsc1. The van der Waals surface area contributed by atoms with Crippen molar-refractivity contribution >= 4 is 11.3 Å². The van der Waals surface area contributed by atoms with E-state index < -0.39 is 0 Å². The van der Waals surface area contributed by atoms with E-state index in [-0.39, 0.29) is 0 Å². The fourth-order valence-electron chi connectivity index (χ4n) is 1.43. The van der Waals surface area contributed by atoms with Crippen molar-refractivity contribution in [3.8, 4) is 0 Å². The van der Waals surface area contributed by atoms with E-state index in [4.69, 9.17) is 4.74 Å². The number of nitrogens with one attached hydrogen (secondary N) is 1. The molecule has 3 heteroatoms. The van der Waals surface area contributed by atoms with Gasteiger partial charge in [0.25, 0.3) is 0 Å². The zero-order chi connectivity index (χ0) is 10.9. The maximum atomic E-state index is 5.29. The van der Waals surface area contributed by atoms with Gasteiger partial charge in [-0.15, -0.1) is 0 Å². The van der Waals surface area contributed by atoms with Crippen LogP contribution in [0.1, 0.15) is 38.3 Å². The molecule has 0 saturated carbocycles. The Labute approximate surface area is 96.7 Å². The van der Waals surface area contributed by atoms with E-state index in [1.54, 1.807) is 11.3 Å². The molecule has 86 valence electrons. The van der Waals surface area contributed by atoms with Crippen molar-refractivity contribution in [2.45, 2.75) is 32.7 Å². The van der Waals surface area contributed by atoms with Gasteiger partial charge < -0.3 is 10.1 Å². The van der Waals surface area contributed by atoms with Crippen molar-refractivity contribution in [1.82, 2.24) is 5.32 Å². The van der Waals surface area contributed by atoms with Gasteiger partial charge in [-0.05, 0) is 55.6 Å². The van der Waals surface area contributed by atoms with Gasteiger partial charge in [0.2, 0.25) is 0 Å². The summed E-state index contributed by atoms with van der Waals surface area (Å²) in [5.74, 6) is 0. The van der Waals surface area contributed by atoms with Crippen LogP contribution in [0.15, 0.2) is 16.8 Å². The molecule has 0 bridgehead atoms. The third-order valence-corrected chi connectivity index (χ3v) is 3.11. The Bertz CT molecular complexity index is 236. The van der Waals surface area contributed by atoms with E-state index >= 15 is 0 Å². The van der Waals surface area contributed by atoms with Gasteiger partial charge in [0.05, 0.1) is 0 Å². The number of rotatable bonds is 8. The maximum absolute atomic E-state index is 5.29. The molecule has 0 spiro atoms. The van der Waals surface area contributed by atoms with Crippen molar-refractivity contribution in [3.63, 3.8) is 0 Å². The lowest BCUT2D eigenvalue weighted by atomic mass is 10.2. The van der Waals surface area contributed by atoms with Crippen LogP contribution < -0.4 is 5.32 Å². The summed E-state index contributed by atoms with van der Waals surface area (Å²) in [6.45, 7) is 7.05.